The van der Waals surface area contributed by atoms with Crippen molar-refractivity contribution in [3.8, 4) is 11.8 Å². The van der Waals surface area contributed by atoms with Crippen LogP contribution in [0.1, 0.15) is 40.7 Å². The highest BCUT2D eigenvalue weighted by Crippen LogP contribution is 2.15. The molecule has 0 saturated carbocycles. The zero-order valence-corrected chi connectivity index (χ0v) is 10.9. The molecule has 3 nitrogen and oxygen atoms in total. The normalized spacial score (nSPS) is 9.53. The summed E-state index contributed by atoms with van der Waals surface area (Å²) in [5.41, 5.74) is 5.29. The van der Waals surface area contributed by atoms with Crippen LogP contribution in [0.3, 0.4) is 0 Å². The van der Waals surface area contributed by atoms with Gasteiger partial charge < -0.3 is 11.1 Å². The monoisotopic (exact) mass is 250 g/mol. The Labute approximate surface area is 106 Å². The maximum absolute atomic E-state index is 11.7. The molecule has 0 unspecified atom stereocenters. The average Bonchev–Trinajstić information content (AvgIpc) is 2.80. The van der Waals surface area contributed by atoms with Crippen LogP contribution in [0.5, 0.6) is 0 Å². The fraction of sp³-hybridized carbons (Fsp3) is 0.462. The van der Waals surface area contributed by atoms with Crippen LogP contribution in [0.15, 0.2) is 12.1 Å². The minimum absolute atomic E-state index is 0.00750. The van der Waals surface area contributed by atoms with Gasteiger partial charge in [0.15, 0.2) is 0 Å². The van der Waals surface area contributed by atoms with Crippen LogP contribution in [0.4, 0.5) is 0 Å². The van der Waals surface area contributed by atoms with E-state index in [-0.39, 0.29) is 5.91 Å². The van der Waals surface area contributed by atoms with Crippen molar-refractivity contribution in [2.45, 2.75) is 26.2 Å². The lowest BCUT2D eigenvalue weighted by molar-refractivity contribution is 0.0957. The van der Waals surface area contributed by atoms with E-state index in [2.05, 4.69) is 24.1 Å². The maximum atomic E-state index is 11.7. The van der Waals surface area contributed by atoms with E-state index in [0.29, 0.717) is 11.4 Å². The third-order valence-electron chi connectivity index (χ3n) is 2.21. The second kappa shape index (κ2) is 7.88. The number of rotatable bonds is 5. The molecule has 0 aromatic carbocycles. The summed E-state index contributed by atoms with van der Waals surface area (Å²) in [6, 6.07) is 3.66. The molecule has 0 spiro atoms. The molecule has 1 aromatic rings. The van der Waals surface area contributed by atoms with Gasteiger partial charge in [-0.1, -0.05) is 31.6 Å². The minimum atomic E-state index is -0.00750. The summed E-state index contributed by atoms with van der Waals surface area (Å²) in [6.45, 7) is 3.23. The highest BCUT2D eigenvalue weighted by atomic mass is 32.1. The molecule has 0 atom stereocenters. The molecule has 1 amide bonds. The number of carbonyl (C=O) groups is 1. The Kier molecular flexibility index (Phi) is 6.38. The van der Waals surface area contributed by atoms with E-state index in [9.17, 15) is 4.79 Å². The molecular weight excluding hydrogens is 232 g/mol. The molecule has 0 saturated heterocycles. The standard InChI is InChI=1S/C13H18N2OS/c1-2-3-4-10-15-13(16)12-8-7-11(17-12)6-5-9-14/h7-8H,2-4,9-10,14H2,1H3,(H,15,16). The summed E-state index contributed by atoms with van der Waals surface area (Å²) in [6.07, 6.45) is 3.35. The van der Waals surface area contributed by atoms with E-state index >= 15 is 0 Å². The predicted octanol–water partition coefficient (Wildman–Crippen LogP) is 1.98. The van der Waals surface area contributed by atoms with Crippen LogP contribution in [0, 0.1) is 11.8 Å². The smallest absolute Gasteiger partial charge is 0.261 e. The Morgan fingerprint density at radius 1 is 1.47 bits per heavy atom. The lowest BCUT2D eigenvalue weighted by atomic mass is 10.2. The molecule has 1 heterocycles. The molecule has 92 valence electrons. The van der Waals surface area contributed by atoms with Gasteiger partial charge in [-0.3, -0.25) is 4.79 Å². The maximum Gasteiger partial charge on any atom is 0.261 e. The second-order valence-electron chi connectivity index (χ2n) is 3.63. The van der Waals surface area contributed by atoms with Gasteiger partial charge in [-0.15, -0.1) is 11.3 Å². The number of carbonyl (C=O) groups excluding carboxylic acids is 1. The quantitative estimate of drug-likeness (QED) is 0.620. The van der Waals surface area contributed by atoms with Gasteiger partial charge in [0.05, 0.1) is 16.3 Å². The summed E-state index contributed by atoms with van der Waals surface area (Å²) in [4.78, 5) is 13.3. The van der Waals surface area contributed by atoms with E-state index in [1.165, 1.54) is 11.3 Å². The molecule has 0 aliphatic heterocycles. The van der Waals surface area contributed by atoms with E-state index in [0.717, 1.165) is 30.7 Å². The molecular formula is C13H18N2OS. The van der Waals surface area contributed by atoms with Crippen molar-refractivity contribution in [2.75, 3.05) is 13.1 Å². The van der Waals surface area contributed by atoms with Crippen molar-refractivity contribution in [3.63, 3.8) is 0 Å². The molecule has 0 bridgehead atoms. The fourth-order valence-electron chi connectivity index (χ4n) is 1.33. The number of unbranched alkanes of at least 4 members (excludes halogenated alkanes) is 2. The first-order valence-electron chi connectivity index (χ1n) is 5.85. The molecule has 0 aliphatic carbocycles. The lowest BCUT2D eigenvalue weighted by Crippen LogP contribution is -2.23. The Morgan fingerprint density at radius 3 is 3.00 bits per heavy atom. The number of thiophene rings is 1. The van der Waals surface area contributed by atoms with E-state index in [4.69, 9.17) is 5.73 Å². The molecule has 0 radical (unpaired) electrons. The highest BCUT2D eigenvalue weighted by molar-refractivity contribution is 7.14. The summed E-state index contributed by atoms with van der Waals surface area (Å²) < 4.78 is 0. The van der Waals surface area contributed by atoms with E-state index < -0.39 is 0 Å². The van der Waals surface area contributed by atoms with Gasteiger partial charge in [-0.05, 0) is 18.6 Å². The minimum Gasteiger partial charge on any atom is -0.351 e. The van der Waals surface area contributed by atoms with Crippen LogP contribution in [0.2, 0.25) is 0 Å². The number of nitrogens with two attached hydrogens (primary N) is 1. The third-order valence-corrected chi connectivity index (χ3v) is 3.21. The molecule has 3 N–H and O–H groups in total. The largest absolute Gasteiger partial charge is 0.351 e. The first-order valence-corrected chi connectivity index (χ1v) is 6.66. The fourth-order valence-corrected chi connectivity index (χ4v) is 2.13. The van der Waals surface area contributed by atoms with Crippen molar-refractivity contribution >= 4 is 17.2 Å². The van der Waals surface area contributed by atoms with Crippen molar-refractivity contribution in [3.05, 3.63) is 21.9 Å². The van der Waals surface area contributed by atoms with Gasteiger partial charge in [0, 0.05) is 6.54 Å². The summed E-state index contributed by atoms with van der Waals surface area (Å²) >= 11 is 1.40. The number of hydrogen-bond acceptors (Lipinski definition) is 3. The van der Waals surface area contributed by atoms with Gasteiger partial charge in [-0.25, -0.2) is 0 Å². The predicted molar refractivity (Wildman–Crippen MR) is 72.1 cm³/mol. The first kappa shape index (κ1) is 13.8. The Bertz CT molecular complexity index is 415. The molecule has 4 heteroatoms. The number of nitrogens with one attached hydrogen (secondary N) is 1. The van der Waals surface area contributed by atoms with Crippen LogP contribution in [0.25, 0.3) is 0 Å². The number of hydrogen-bond donors (Lipinski definition) is 2. The van der Waals surface area contributed by atoms with Crippen LogP contribution >= 0.6 is 11.3 Å². The van der Waals surface area contributed by atoms with Crippen molar-refractivity contribution < 1.29 is 4.79 Å². The number of amides is 1. The molecule has 1 rings (SSSR count). The Balaban J connectivity index is 2.43. The SMILES string of the molecule is CCCCCNC(=O)c1ccc(C#CCN)s1. The van der Waals surface area contributed by atoms with Gasteiger partial charge in [0.1, 0.15) is 0 Å². The average molecular weight is 250 g/mol. The van der Waals surface area contributed by atoms with Gasteiger partial charge in [0.25, 0.3) is 5.91 Å². The second-order valence-corrected chi connectivity index (χ2v) is 4.72. The molecule has 1 aromatic heterocycles. The Morgan fingerprint density at radius 2 is 2.29 bits per heavy atom. The topological polar surface area (TPSA) is 55.1 Å². The zero-order chi connectivity index (χ0) is 12.5. The molecule has 17 heavy (non-hydrogen) atoms. The van der Waals surface area contributed by atoms with E-state index in [1.54, 1.807) is 6.07 Å². The molecule has 0 fully saturated rings. The summed E-state index contributed by atoms with van der Waals surface area (Å²) in [5.74, 6) is 5.69. The third kappa shape index (κ3) is 5.03. The lowest BCUT2D eigenvalue weighted by Gasteiger charge is -2.01. The van der Waals surface area contributed by atoms with Crippen molar-refractivity contribution in [1.82, 2.24) is 5.32 Å². The van der Waals surface area contributed by atoms with E-state index in [1.807, 2.05) is 6.07 Å². The van der Waals surface area contributed by atoms with Gasteiger partial charge in [0.2, 0.25) is 0 Å². The summed E-state index contributed by atoms with van der Waals surface area (Å²) in [5, 5.41) is 2.90. The highest BCUT2D eigenvalue weighted by Gasteiger charge is 2.07. The van der Waals surface area contributed by atoms with Crippen molar-refractivity contribution in [1.29, 1.82) is 0 Å². The molecule has 0 aliphatic rings. The van der Waals surface area contributed by atoms with Crippen LogP contribution in [-0.2, 0) is 0 Å². The van der Waals surface area contributed by atoms with Crippen LogP contribution in [-0.4, -0.2) is 19.0 Å². The summed E-state index contributed by atoms with van der Waals surface area (Å²) in [7, 11) is 0. The zero-order valence-electron chi connectivity index (χ0n) is 10.1. The Hall–Kier alpha value is -1.31. The van der Waals surface area contributed by atoms with Gasteiger partial charge in [-0.2, -0.15) is 0 Å². The van der Waals surface area contributed by atoms with Crippen LogP contribution < -0.4 is 11.1 Å². The van der Waals surface area contributed by atoms with Crippen molar-refractivity contribution in [2.24, 2.45) is 5.73 Å². The van der Waals surface area contributed by atoms with Gasteiger partial charge >= 0.3 is 0 Å². The first-order chi connectivity index (χ1) is 8.27.